The molecule has 0 saturated carbocycles. The van der Waals surface area contributed by atoms with Crippen molar-refractivity contribution >= 4 is 23.9 Å². The van der Waals surface area contributed by atoms with Gasteiger partial charge in [0, 0.05) is 0 Å². The van der Waals surface area contributed by atoms with Gasteiger partial charge in [-0.1, -0.05) is 24.3 Å². The summed E-state index contributed by atoms with van der Waals surface area (Å²) in [6, 6.07) is 0. The van der Waals surface area contributed by atoms with E-state index in [2.05, 4.69) is 4.74 Å². The van der Waals surface area contributed by atoms with Gasteiger partial charge in [0.25, 0.3) is 0 Å². The summed E-state index contributed by atoms with van der Waals surface area (Å²) >= 11 is 0. The van der Waals surface area contributed by atoms with E-state index >= 15 is 0 Å². The van der Waals surface area contributed by atoms with Gasteiger partial charge in [-0.3, -0.25) is 19.2 Å². The zero-order valence-electron chi connectivity index (χ0n) is 9.55. The van der Waals surface area contributed by atoms with Crippen LogP contribution in [0.5, 0.6) is 0 Å². The van der Waals surface area contributed by atoms with Crippen LogP contribution in [0.25, 0.3) is 0 Å². The minimum absolute atomic E-state index is 0.968. The van der Waals surface area contributed by atoms with E-state index in [0.29, 0.717) is 0 Å². The highest BCUT2D eigenvalue weighted by Crippen LogP contribution is 2.30. The third-order valence-corrected chi connectivity index (χ3v) is 3.14. The molecule has 4 unspecified atom stereocenters. The molecule has 0 saturated heterocycles. The Balaban J connectivity index is 1.92. The molecule has 2 N–H and O–H groups in total. The maximum Gasteiger partial charge on any atom is 0.321 e. The maximum absolute atomic E-state index is 11.5. The monoisotopic (exact) mass is 266 g/mol. The first-order chi connectivity index (χ1) is 8.91. The highest BCUT2D eigenvalue weighted by Gasteiger charge is 2.42. The fourth-order valence-corrected chi connectivity index (χ4v) is 1.82. The van der Waals surface area contributed by atoms with Gasteiger partial charge in [0.15, 0.2) is 0 Å². The van der Waals surface area contributed by atoms with E-state index < -0.39 is 47.5 Å². The lowest BCUT2D eigenvalue weighted by Gasteiger charge is -2.26. The molecule has 0 aromatic rings. The van der Waals surface area contributed by atoms with Gasteiger partial charge in [-0.15, -0.1) is 0 Å². The van der Waals surface area contributed by atoms with Crippen molar-refractivity contribution in [2.45, 2.75) is 0 Å². The highest BCUT2D eigenvalue weighted by molar-refractivity contribution is 5.96. The summed E-state index contributed by atoms with van der Waals surface area (Å²) in [7, 11) is 0. The lowest BCUT2D eigenvalue weighted by atomic mass is 9.81. The third kappa shape index (κ3) is 2.26. The van der Waals surface area contributed by atoms with E-state index in [1.54, 1.807) is 0 Å². The molecular formula is C12H10O7. The minimum Gasteiger partial charge on any atom is -0.481 e. The summed E-state index contributed by atoms with van der Waals surface area (Å²) in [6.07, 6.45) is 5.31. The zero-order valence-corrected chi connectivity index (χ0v) is 9.55. The first-order valence-corrected chi connectivity index (χ1v) is 5.49. The molecule has 2 aliphatic rings. The largest absolute Gasteiger partial charge is 0.481 e. The number of hydrogen-bond acceptors (Lipinski definition) is 5. The maximum atomic E-state index is 11.5. The van der Waals surface area contributed by atoms with Crippen molar-refractivity contribution in [2.75, 3.05) is 0 Å². The van der Waals surface area contributed by atoms with Crippen molar-refractivity contribution in [3.05, 3.63) is 24.3 Å². The molecule has 2 rings (SSSR count). The van der Waals surface area contributed by atoms with Crippen LogP contribution in [0.3, 0.4) is 0 Å². The predicted octanol–water partition coefficient (Wildman–Crippen LogP) is -0.170. The Morgan fingerprint density at radius 3 is 1.21 bits per heavy atom. The average molecular weight is 266 g/mol. The fourth-order valence-electron chi connectivity index (χ4n) is 1.82. The van der Waals surface area contributed by atoms with E-state index in [-0.39, 0.29) is 0 Å². The molecule has 0 bridgehead atoms. The highest BCUT2D eigenvalue weighted by atomic mass is 16.6. The molecule has 100 valence electrons. The van der Waals surface area contributed by atoms with E-state index in [9.17, 15) is 19.2 Å². The molecule has 0 amide bonds. The Morgan fingerprint density at radius 1 is 0.684 bits per heavy atom. The fraction of sp³-hybridized carbons (Fsp3) is 0.333. The molecule has 0 aromatic heterocycles. The molecule has 0 fully saturated rings. The number of carboxylic acids is 2. The first-order valence-electron chi connectivity index (χ1n) is 5.49. The molecular weight excluding hydrogens is 256 g/mol. The van der Waals surface area contributed by atoms with Crippen LogP contribution in [0.2, 0.25) is 0 Å². The Bertz CT molecular complexity index is 470. The molecule has 2 aliphatic carbocycles. The van der Waals surface area contributed by atoms with Crippen LogP contribution in [0.1, 0.15) is 0 Å². The molecule has 4 atom stereocenters. The van der Waals surface area contributed by atoms with Gasteiger partial charge in [0.2, 0.25) is 0 Å². The second-order valence-electron chi connectivity index (χ2n) is 4.29. The van der Waals surface area contributed by atoms with Crippen molar-refractivity contribution in [1.82, 2.24) is 0 Å². The standard InChI is InChI=1S/C12H10O7/c13-9(14)5-1-3-7(5)11(17)19-12(18)8-4-2-6(8)10(15)16/h1-8H,(H,13,14)(H,15,16). The summed E-state index contributed by atoms with van der Waals surface area (Å²) in [4.78, 5) is 44.5. The van der Waals surface area contributed by atoms with Crippen molar-refractivity contribution in [2.24, 2.45) is 23.7 Å². The SMILES string of the molecule is O=C(O)C1C=CC1C(=O)OC(=O)C1C=CC1C(=O)O. The Kier molecular flexibility index (Phi) is 3.20. The van der Waals surface area contributed by atoms with Gasteiger partial charge in [0.1, 0.15) is 0 Å². The zero-order chi connectivity index (χ0) is 14.2. The lowest BCUT2D eigenvalue weighted by Crippen LogP contribution is -2.39. The van der Waals surface area contributed by atoms with Gasteiger partial charge in [0.05, 0.1) is 23.7 Å². The lowest BCUT2D eigenvalue weighted by molar-refractivity contribution is -0.169. The second-order valence-corrected chi connectivity index (χ2v) is 4.29. The van der Waals surface area contributed by atoms with Crippen LogP contribution in [0, 0.1) is 23.7 Å². The van der Waals surface area contributed by atoms with Gasteiger partial charge in [-0.25, -0.2) is 0 Å². The number of ether oxygens (including phenoxy) is 1. The van der Waals surface area contributed by atoms with Gasteiger partial charge < -0.3 is 14.9 Å². The number of hydrogen-bond donors (Lipinski definition) is 2. The summed E-state index contributed by atoms with van der Waals surface area (Å²) in [5.74, 6) is -8.26. The van der Waals surface area contributed by atoms with E-state index in [1.807, 2.05) is 0 Å². The van der Waals surface area contributed by atoms with Gasteiger partial charge in [-0.2, -0.15) is 0 Å². The van der Waals surface area contributed by atoms with Crippen LogP contribution in [-0.2, 0) is 23.9 Å². The Morgan fingerprint density at radius 2 is 1.00 bits per heavy atom. The number of carbonyl (C=O) groups is 4. The predicted molar refractivity (Wildman–Crippen MR) is 58.6 cm³/mol. The summed E-state index contributed by atoms with van der Waals surface area (Å²) < 4.78 is 4.51. The minimum atomic E-state index is -1.18. The van der Waals surface area contributed by atoms with Crippen LogP contribution in [0.4, 0.5) is 0 Å². The van der Waals surface area contributed by atoms with E-state index in [1.165, 1.54) is 24.3 Å². The van der Waals surface area contributed by atoms with Crippen molar-refractivity contribution in [1.29, 1.82) is 0 Å². The summed E-state index contributed by atoms with van der Waals surface area (Å²) in [6.45, 7) is 0. The first kappa shape index (κ1) is 13.0. The number of carboxylic acid groups (broad SMARTS) is 2. The number of aliphatic carboxylic acids is 2. The molecule has 0 aromatic carbocycles. The normalized spacial score (nSPS) is 30.9. The van der Waals surface area contributed by atoms with Crippen molar-refractivity contribution < 1.29 is 34.1 Å². The molecule has 0 spiro atoms. The molecule has 0 aliphatic heterocycles. The van der Waals surface area contributed by atoms with Gasteiger partial charge in [-0.05, 0) is 0 Å². The molecule has 0 heterocycles. The van der Waals surface area contributed by atoms with Gasteiger partial charge >= 0.3 is 23.9 Å². The number of rotatable bonds is 4. The quantitative estimate of drug-likeness (QED) is 0.412. The third-order valence-electron chi connectivity index (χ3n) is 3.14. The number of carbonyl (C=O) groups excluding carboxylic acids is 2. The topological polar surface area (TPSA) is 118 Å². The summed E-state index contributed by atoms with van der Waals surface area (Å²) in [5, 5.41) is 17.5. The van der Waals surface area contributed by atoms with Crippen LogP contribution < -0.4 is 0 Å². The smallest absolute Gasteiger partial charge is 0.321 e. The molecule has 7 heteroatoms. The molecule has 7 nitrogen and oxygen atoms in total. The summed E-state index contributed by atoms with van der Waals surface area (Å²) in [5.41, 5.74) is 0. The molecule has 0 radical (unpaired) electrons. The van der Waals surface area contributed by atoms with Crippen LogP contribution in [-0.4, -0.2) is 34.1 Å². The second kappa shape index (κ2) is 4.68. The van der Waals surface area contributed by atoms with E-state index in [4.69, 9.17) is 10.2 Å². The van der Waals surface area contributed by atoms with Crippen LogP contribution in [0.15, 0.2) is 24.3 Å². The average Bonchev–Trinajstić information content (AvgIpc) is 2.09. The van der Waals surface area contributed by atoms with E-state index in [0.717, 1.165) is 0 Å². The van der Waals surface area contributed by atoms with Crippen molar-refractivity contribution in [3.8, 4) is 0 Å². The molecule has 19 heavy (non-hydrogen) atoms. The van der Waals surface area contributed by atoms with Crippen LogP contribution >= 0.6 is 0 Å². The van der Waals surface area contributed by atoms with Crippen molar-refractivity contribution in [3.63, 3.8) is 0 Å². The number of esters is 2. The Hall–Kier alpha value is -2.44. The Labute approximate surface area is 107 Å².